The van der Waals surface area contributed by atoms with Gasteiger partial charge in [-0.25, -0.2) is 0 Å². The summed E-state index contributed by atoms with van der Waals surface area (Å²) in [6.07, 6.45) is 11.1. The second-order valence-corrected chi connectivity index (χ2v) is 3.39. The first-order valence-corrected chi connectivity index (χ1v) is 4.59. The van der Waals surface area contributed by atoms with Crippen molar-refractivity contribution in [3.8, 4) is 0 Å². The van der Waals surface area contributed by atoms with E-state index in [1.54, 1.807) is 0 Å². The topological polar surface area (TPSA) is 18.5 Å². The quantitative estimate of drug-likeness (QED) is 0.653. The van der Waals surface area contributed by atoms with Crippen LogP contribution >= 0.6 is 0 Å². The first-order chi connectivity index (χ1) is 6.27. The summed E-state index contributed by atoms with van der Waals surface area (Å²) in [6, 6.07) is 0. The van der Waals surface area contributed by atoms with Crippen LogP contribution in [0.25, 0.3) is 0 Å². The summed E-state index contributed by atoms with van der Waals surface area (Å²) >= 11 is 0. The van der Waals surface area contributed by atoms with Gasteiger partial charge in [-0.3, -0.25) is 10.4 Å². The largest absolute Gasteiger partial charge is 0.299 e. The fourth-order valence-corrected chi connectivity index (χ4v) is 1.51. The van der Waals surface area contributed by atoms with Crippen LogP contribution in [0.5, 0.6) is 0 Å². The first kappa shape index (κ1) is 8.38. The molecule has 0 atom stereocenters. The van der Waals surface area contributed by atoms with E-state index in [1.807, 2.05) is 24.2 Å². The van der Waals surface area contributed by atoms with Crippen LogP contribution in [0, 0.1) is 0 Å². The van der Waals surface area contributed by atoms with Gasteiger partial charge in [-0.2, -0.15) is 0 Å². The lowest BCUT2D eigenvalue weighted by atomic mass is 10.1. The molecule has 1 aliphatic carbocycles. The molecule has 2 aliphatic rings. The van der Waals surface area contributed by atoms with Crippen LogP contribution in [0.2, 0.25) is 0 Å². The van der Waals surface area contributed by atoms with E-state index in [9.17, 15) is 0 Å². The van der Waals surface area contributed by atoms with Crippen LogP contribution in [0.1, 0.15) is 12.8 Å². The maximum atomic E-state index is 3.27. The zero-order chi connectivity index (χ0) is 9.26. The minimum absolute atomic E-state index is 1.15. The molecule has 0 aromatic carbocycles. The van der Waals surface area contributed by atoms with Crippen LogP contribution in [-0.4, -0.2) is 24.2 Å². The van der Waals surface area contributed by atoms with Gasteiger partial charge in [0.05, 0.1) is 5.70 Å². The molecule has 0 fully saturated rings. The maximum Gasteiger partial charge on any atom is 0.0750 e. The second-order valence-electron chi connectivity index (χ2n) is 3.39. The van der Waals surface area contributed by atoms with Crippen LogP contribution in [0.15, 0.2) is 35.7 Å². The van der Waals surface area contributed by atoms with Gasteiger partial charge >= 0.3 is 0 Å². The average Bonchev–Trinajstić information content (AvgIpc) is 2.49. The molecule has 0 aromatic rings. The van der Waals surface area contributed by atoms with E-state index in [0.29, 0.717) is 0 Å². The smallest absolute Gasteiger partial charge is 0.0750 e. The summed E-state index contributed by atoms with van der Waals surface area (Å²) in [5.41, 5.74) is 5.75. The van der Waals surface area contributed by atoms with Gasteiger partial charge in [0.15, 0.2) is 0 Å². The van der Waals surface area contributed by atoms with Crippen LogP contribution in [-0.2, 0) is 0 Å². The summed E-state index contributed by atoms with van der Waals surface area (Å²) in [5.74, 6) is 0. The average molecular weight is 177 g/mol. The third-order valence-electron chi connectivity index (χ3n) is 2.38. The van der Waals surface area contributed by atoms with Crippen LogP contribution in [0.3, 0.4) is 0 Å². The molecule has 0 spiro atoms. The Balaban J connectivity index is 2.14. The third-order valence-corrected chi connectivity index (χ3v) is 2.38. The van der Waals surface area contributed by atoms with Crippen LogP contribution in [0.4, 0.5) is 0 Å². The van der Waals surface area contributed by atoms with E-state index < -0.39 is 0 Å². The summed E-state index contributed by atoms with van der Waals surface area (Å²) in [6.45, 7) is 0. The Morgan fingerprint density at radius 3 is 2.69 bits per heavy atom. The van der Waals surface area contributed by atoms with Crippen molar-refractivity contribution in [2.75, 3.05) is 14.1 Å². The van der Waals surface area contributed by atoms with Gasteiger partial charge < -0.3 is 0 Å². The molecular formula is C10H15N3. The van der Waals surface area contributed by atoms with Gasteiger partial charge in [0, 0.05) is 20.3 Å². The molecule has 2 rings (SSSR count). The van der Waals surface area contributed by atoms with Crippen molar-refractivity contribution < 1.29 is 0 Å². The lowest BCUT2D eigenvalue weighted by Gasteiger charge is -2.19. The van der Waals surface area contributed by atoms with Gasteiger partial charge in [-0.15, -0.1) is 5.12 Å². The highest BCUT2D eigenvalue weighted by molar-refractivity contribution is 5.40. The number of nitrogens with one attached hydrogen (secondary N) is 1. The predicted octanol–water partition coefficient (Wildman–Crippen LogP) is 1.40. The van der Waals surface area contributed by atoms with Crippen molar-refractivity contribution in [3.05, 3.63) is 35.7 Å². The molecule has 3 heteroatoms. The molecule has 0 amide bonds. The predicted molar refractivity (Wildman–Crippen MR) is 53.2 cm³/mol. The maximum absolute atomic E-state index is 3.27. The van der Waals surface area contributed by atoms with E-state index >= 15 is 0 Å². The van der Waals surface area contributed by atoms with Gasteiger partial charge in [0.1, 0.15) is 0 Å². The van der Waals surface area contributed by atoms with Crippen molar-refractivity contribution in [3.63, 3.8) is 0 Å². The van der Waals surface area contributed by atoms with Crippen molar-refractivity contribution in [2.24, 2.45) is 0 Å². The highest BCUT2D eigenvalue weighted by Gasteiger charge is 2.15. The number of allylic oxidation sites excluding steroid dienone is 3. The molecule has 0 saturated heterocycles. The minimum Gasteiger partial charge on any atom is -0.299 e. The summed E-state index contributed by atoms with van der Waals surface area (Å²) in [4.78, 5) is 0. The lowest BCUT2D eigenvalue weighted by Crippen LogP contribution is -2.36. The Bertz CT molecular complexity index is 289. The number of hydrogen-bond acceptors (Lipinski definition) is 3. The minimum atomic E-state index is 1.15. The molecule has 0 saturated carbocycles. The zero-order valence-corrected chi connectivity index (χ0v) is 8.12. The van der Waals surface area contributed by atoms with E-state index in [-0.39, 0.29) is 0 Å². The highest BCUT2D eigenvalue weighted by atomic mass is 15.8. The molecule has 3 nitrogen and oxygen atoms in total. The SMILES string of the molecule is CN1C=C(C2=CCCC=C2)NN1C. The van der Waals surface area contributed by atoms with Crippen molar-refractivity contribution in [2.45, 2.75) is 12.8 Å². The van der Waals surface area contributed by atoms with Gasteiger partial charge in [-0.1, -0.05) is 18.2 Å². The fraction of sp³-hybridized carbons (Fsp3) is 0.400. The molecule has 70 valence electrons. The summed E-state index contributed by atoms with van der Waals surface area (Å²) in [7, 11) is 4.02. The second kappa shape index (κ2) is 3.26. The van der Waals surface area contributed by atoms with E-state index in [2.05, 4.69) is 29.9 Å². The number of nitrogens with zero attached hydrogens (tertiary/aromatic N) is 2. The molecule has 1 heterocycles. The Hall–Kier alpha value is -1.22. The standard InChI is InChI=1S/C10H15N3/c1-12-8-10(11-13(12)2)9-6-4-3-5-7-9/h4,6-8,11H,3,5H2,1-2H3. The van der Waals surface area contributed by atoms with Crippen LogP contribution < -0.4 is 5.43 Å². The Labute approximate surface area is 79.0 Å². The Morgan fingerprint density at radius 1 is 1.31 bits per heavy atom. The first-order valence-electron chi connectivity index (χ1n) is 4.59. The van der Waals surface area contributed by atoms with Crippen molar-refractivity contribution in [1.82, 2.24) is 15.6 Å². The van der Waals surface area contributed by atoms with Gasteiger partial charge in [-0.05, 0) is 18.4 Å². The van der Waals surface area contributed by atoms with E-state index in [1.165, 1.54) is 17.7 Å². The third kappa shape index (κ3) is 1.60. The molecule has 13 heavy (non-hydrogen) atoms. The van der Waals surface area contributed by atoms with Gasteiger partial charge in [0.25, 0.3) is 0 Å². The van der Waals surface area contributed by atoms with Gasteiger partial charge in [0.2, 0.25) is 0 Å². The molecule has 0 radical (unpaired) electrons. The molecule has 0 bridgehead atoms. The highest BCUT2D eigenvalue weighted by Crippen LogP contribution is 2.19. The summed E-state index contributed by atoms with van der Waals surface area (Å²) in [5, 5.41) is 3.98. The number of rotatable bonds is 1. The Kier molecular flexibility index (Phi) is 2.10. The Morgan fingerprint density at radius 2 is 2.15 bits per heavy atom. The summed E-state index contributed by atoms with van der Waals surface area (Å²) < 4.78 is 0. The molecular weight excluding hydrogens is 162 g/mol. The molecule has 0 unspecified atom stereocenters. The number of hydrazine groups is 2. The molecule has 0 aromatic heterocycles. The van der Waals surface area contributed by atoms with E-state index in [0.717, 1.165) is 6.42 Å². The monoisotopic (exact) mass is 177 g/mol. The molecule has 1 N–H and O–H groups in total. The fourth-order valence-electron chi connectivity index (χ4n) is 1.51. The van der Waals surface area contributed by atoms with Crippen molar-refractivity contribution >= 4 is 0 Å². The van der Waals surface area contributed by atoms with E-state index in [4.69, 9.17) is 0 Å². The normalized spacial score (nSPS) is 22.8. The molecule has 1 aliphatic heterocycles. The number of hydrogen-bond donors (Lipinski definition) is 1. The lowest BCUT2D eigenvalue weighted by molar-refractivity contribution is 0.0634. The zero-order valence-electron chi connectivity index (χ0n) is 8.12. The van der Waals surface area contributed by atoms with Crippen molar-refractivity contribution in [1.29, 1.82) is 0 Å².